The molecule has 0 saturated carbocycles. The highest BCUT2D eigenvalue weighted by atomic mass is 35.5. The van der Waals surface area contributed by atoms with E-state index in [1.807, 2.05) is 0 Å². The summed E-state index contributed by atoms with van der Waals surface area (Å²) in [7, 11) is 5.11. The van der Waals surface area contributed by atoms with Gasteiger partial charge < -0.3 is 10.2 Å². The smallest absolute Gasteiger partial charge is 0.241 e. The van der Waals surface area contributed by atoms with Crippen LogP contribution in [0.15, 0.2) is 24.3 Å². The second kappa shape index (κ2) is 7.26. The molecule has 0 aromatic heterocycles. The molecule has 0 aliphatic heterocycles. The Labute approximate surface area is 124 Å². The van der Waals surface area contributed by atoms with Gasteiger partial charge in [-0.3, -0.25) is 14.5 Å². The van der Waals surface area contributed by atoms with Crippen LogP contribution in [-0.4, -0.2) is 55.3 Å². The lowest BCUT2D eigenvalue weighted by molar-refractivity contribution is -0.131. The molecule has 6 heteroatoms. The molecule has 1 rings (SSSR count). The van der Waals surface area contributed by atoms with Gasteiger partial charge >= 0.3 is 0 Å². The molecule has 1 aromatic carbocycles. The van der Waals surface area contributed by atoms with Crippen molar-refractivity contribution < 1.29 is 9.59 Å². The first-order chi connectivity index (χ1) is 9.31. The average Bonchev–Trinajstić information content (AvgIpc) is 2.37. The topological polar surface area (TPSA) is 52.7 Å². The molecule has 5 nitrogen and oxygen atoms in total. The Balaban J connectivity index is 2.60. The molecular formula is C14H20ClN3O2. The van der Waals surface area contributed by atoms with Gasteiger partial charge in [0, 0.05) is 24.8 Å². The van der Waals surface area contributed by atoms with Crippen LogP contribution < -0.4 is 5.32 Å². The molecule has 1 N–H and O–H groups in total. The molecule has 0 saturated heterocycles. The van der Waals surface area contributed by atoms with E-state index in [0.29, 0.717) is 10.7 Å². The first kappa shape index (κ1) is 16.5. The lowest BCUT2D eigenvalue weighted by atomic mass is 10.2. The number of rotatable bonds is 5. The second-order valence-corrected chi connectivity index (χ2v) is 5.32. The number of halogens is 1. The van der Waals surface area contributed by atoms with E-state index in [2.05, 4.69) is 5.32 Å². The molecule has 0 radical (unpaired) electrons. The van der Waals surface area contributed by atoms with Crippen molar-refractivity contribution in [1.29, 1.82) is 0 Å². The van der Waals surface area contributed by atoms with Crippen molar-refractivity contribution in [1.82, 2.24) is 9.80 Å². The normalized spacial score (nSPS) is 12.1. The predicted molar refractivity (Wildman–Crippen MR) is 80.9 cm³/mol. The molecule has 1 aromatic rings. The van der Waals surface area contributed by atoms with Crippen LogP contribution in [-0.2, 0) is 9.59 Å². The van der Waals surface area contributed by atoms with Crippen LogP contribution in [0.1, 0.15) is 6.92 Å². The zero-order valence-electron chi connectivity index (χ0n) is 12.2. The van der Waals surface area contributed by atoms with Gasteiger partial charge in [-0.25, -0.2) is 0 Å². The van der Waals surface area contributed by atoms with E-state index in [-0.39, 0.29) is 18.4 Å². The monoisotopic (exact) mass is 297 g/mol. The van der Waals surface area contributed by atoms with Gasteiger partial charge in [0.2, 0.25) is 11.8 Å². The summed E-state index contributed by atoms with van der Waals surface area (Å²) in [5, 5.41) is 3.34. The lowest BCUT2D eigenvalue weighted by Gasteiger charge is -2.24. The molecule has 0 bridgehead atoms. The van der Waals surface area contributed by atoms with E-state index in [0.717, 1.165) is 0 Å². The standard InChI is InChI=1S/C14H20ClN3O2/c1-10(18(4)9-13(19)17(2)3)14(20)16-12-7-5-6-11(15)8-12/h5-8,10H,9H2,1-4H3,(H,16,20)/t10-/m1/s1. The first-order valence-corrected chi connectivity index (χ1v) is 6.66. The van der Waals surface area contributed by atoms with Crippen molar-refractivity contribution in [3.8, 4) is 0 Å². The molecule has 0 heterocycles. The molecule has 0 aliphatic rings. The van der Waals surface area contributed by atoms with Crippen LogP contribution in [0.5, 0.6) is 0 Å². The van der Waals surface area contributed by atoms with E-state index in [9.17, 15) is 9.59 Å². The van der Waals surface area contributed by atoms with Gasteiger partial charge in [0.15, 0.2) is 0 Å². The van der Waals surface area contributed by atoms with Crippen LogP contribution in [0.25, 0.3) is 0 Å². The molecule has 110 valence electrons. The summed E-state index contributed by atoms with van der Waals surface area (Å²) in [6.07, 6.45) is 0. The Morgan fingerprint density at radius 2 is 1.95 bits per heavy atom. The third-order valence-electron chi connectivity index (χ3n) is 3.02. The number of likely N-dealkylation sites (N-methyl/N-ethyl adjacent to an activating group) is 2. The van der Waals surface area contributed by atoms with Crippen molar-refractivity contribution in [3.63, 3.8) is 0 Å². The SMILES string of the molecule is C[C@H](C(=O)Nc1cccc(Cl)c1)N(C)CC(=O)N(C)C. The van der Waals surface area contributed by atoms with Crippen molar-refractivity contribution in [2.45, 2.75) is 13.0 Å². The third kappa shape index (κ3) is 4.83. The largest absolute Gasteiger partial charge is 0.348 e. The summed E-state index contributed by atoms with van der Waals surface area (Å²) in [5.41, 5.74) is 0.640. The Hall–Kier alpha value is -1.59. The van der Waals surface area contributed by atoms with E-state index < -0.39 is 6.04 Å². The zero-order valence-corrected chi connectivity index (χ0v) is 12.9. The van der Waals surface area contributed by atoms with E-state index in [4.69, 9.17) is 11.6 Å². The van der Waals surface area contributed by atoms with Gasteiger partial charge in [-0.15, -0.1) is 0 Å². The maximum Gasteiger partial charge on any atom is 0.241 e. The summed E-state index contributed by atoms with van der Waals surface area (Å²) < 4.78 is 0. The molecule has 0 spiro atoms. The van der Waals surface area contributed by atoms with Gasteiger partial charge in [-0.05, 0) is 32.2 Å². The Bertz CT molecular complexity index is 491. The molecule has 0 fully saturated rings. The summed E-state index contributed by atoms with van der Waals surface area (Å²) >= 11 is 5.86. The van der Waals surface area contributed by atoms with Crippen LogP contribution >= 0.6 is 11.6 Å². The van der Waals surface area contributed by atoms with Gasteiger partial charge in [-0.1, -0.05) is 17.7 Å². The van der Waals surface area contributed by atoms with Crippen LogP contribution in [0.3, 0.4) is 0 Å². The van der Waals surface area contributed by atoms with Gasteiger partial charge in [0.1, 0.15) is 0 Å². The van der Waals surface area contributed by atoms with E-state index in [1.54, 1.807) is 57.2 Å². The highest BCUT2D eigenvalue weighted by Gasteiger charge is 2.20. The van der Waals surface area contributed by atoms with Crippen molar-refractivity contribution >= 4 is 29.1 Å². The summed E-state index contributed by atoms with van der Waals surface area (Å²) in [4.78, 5) is 26.9. The minimum Gasteiger partial charge on any atom is -0.348 e. The van der Waals surface area contributed by atoms with E-state index in [1.165, 1.54) is 4.90 Å². The zero-order chi connectivity index (χ0) is 15.3. The van der Waals surface area contributed by atoms with Crippen LogP contribution in [0.4, 0.5) is 5.69 Å². The highest BCUT2D eigenvalue weighted by molar-refractivity contribution is 6.30. The number of anilines is 1. The quantitative estimate of drug-likeness (QED) is 0.900. The molecule has 2 amide bonds. The highest BCUT2D eigenvalue weighted by Crippen LogP contribution is 2.15. The molecule has 0 aliphatic carbocycles. The molecule has 0 unspecified atom stereocenters. The molecular weight excluding hydrogens is 278 g/mol. The van der Waals surface area contributed by atoms with Crippen molar-refractivity contribution in [2.24, 2.45) is 0 Å². The van der Waals surface area contributed by atoms with Gasteiger partial charge in [0.05, 0.1) is 12.6 Å². The molecule has 20 heavy (non-hydrogen) atoms. The van der Waals surface area contributed by atoms with Gasteiger partial charge in [0.25, 0.3) is 0 Å². The van der Waals surface area contributed by atoms with Gasteiger partial charge in [-0.2, -0.15) is 0 Å². The number of nitrogens with one attached hydrogen (secondary N) is 1. The summed E-state index contributed by atoms with van der Waals surface area (Å²) in [6.45, 7) is 1.94. The summed E-state index contributed by atoms with van der Waals surface area (Å²) in [6, 6.07) is 6.53. The lowest BCUT2D eigenvalue weighted by Crippen LogP contribution is -2.44. The maximum absolute atomic E-state index is 12.1. The first-order valence-electron chi connectivity index (χ1n) is 6.28. The Kier molecular flexibility index (Phi) is 5.98. The minimum absolute atomic E-state index is 0.0464. The number of amides is 2. The molecule has 1 atom stereocenters. The number of carbonyl (C=O) groups is 2. The van der Waals surface area contributed by atoms with E-state index >= 15 is 0 Å². The number of nitrogens with zero attached hydrogens (tertiary/aromatic N) is 2. The van der Waals surface area contributed by atoms with Crippen LogP contribution in [0, 0.1) is 0 Å². The third-order valence-corrected chi connectivity index (χ3v) is 3.25. The fourth-order valence-corrected chi connectivity index (χ4v) is 1.70. The number of hydrogen-bond acceptors (Lipinski definition) is 3. The maximum atomic E-state index is 12.1. The second-order valence-electron chi connectivity index (χ2n) is 4.88. The average molecular weight is 298 g/mol. The fourth-order valence-electron chi connectivity index (χ4n) is 1.50. The van der Waals surface area contributed by atoms with Crippen molar-refractivity contribution in [2.75, 3.05) is 33.0 Å². The number of benzene rings is 1. The van der Waals surface area contributed by atoms with Crippen molar-refractivity contribution in [3.05, 3.63) is 29.3 Å². The minimum atomic E-state index is -0.419. The number of hydrogen-bond donors (Lipinski definition) is 1. The fraction of sp³-hybridized carbons (Fsp3) is 0.429. The van der Waals surface area contributed by atoms with Crippen LogP contribution in [0.2, 0.25) is 5.02 Å². The number of carbonyl (C=O) groups excluding carboxylic acids is 2. The summed E-state index contributed by atoms with van der Waals surface area (Å²) in [5.74, 6) is -0.226. The Morgan fingerprint density at radius 1 is 1.30 bits per heavy atom. The predicted octanol–water partition coefficient (Wildman–Crippen LogP) is 1.69. The Morgan fingerprint density at radius 3 is 2.50 bits per heavy atom.